The van der Waals surface area contributed by atoms with Crippen LogP contribution in [0.3, 0.4) is 0 Å². The number of halogens is 2. The number of hydrogen-bond acceptors (Lipinski definition) is 1. The van der Waals surface area contributed by atoms with Crippen molar-refractivity contribution in [2.24, 2.45) is 0 Å². The van der Waals surface area contributed by atoms with E-state index < -0.39 is 5.54 Å². The van der Waals surface area contributed by atoms with E-state index in [1.54, 1.807) is 6.07 Å². The SMILES string of the molecule is Clc1ccc(-c2ccn(C(c3ccccc3)(c3ccccc3)c3ccccc3)n2)c(Cl)c1. The largest absolute Gasteiger partial charge is 0.253 e. The molecule has 0 N–H and O–H groups in total. The molecule has 0 saturated heterocycles. The van der Waals surface area contributed by atoms with Crippen LogP contribution in [0.2, 0.25) is 10.0 Å². The van der Waals surface area contributed by atoms with Crippen molar-refractivity contribution >= 4 is 23.2 Å². The molecular formula is C28H20Cl2N2. The van der Waals surface area contributed by atoms with E-state index in [-0.39, 0.29) is 0 Å². The topological polar surface area (TPSA) is 17.8 Å². The minimum Gasteiger partial charge on any atom is -0.253 e. The summed E-state index contributed by atoms with van der Waals surface area (Å²) in [5.74, 6) is 0. The summed E-state index contributed by atoms with van der Waals surface area (Å²) in [6, 6.07) is 38.9. The average molecular weight is 455 g/mol. The third kappa shape index (κ3) is 3.52. The minimum atomic E-state index is -0.652. The van der Waals surface area contributed by atoms with Gasteiger partial charge in [-0.25, -0.2) is 0 Å². The molecule has 0 saturated carbocycles. The second-order valence-electron chi connectivity index (χ2n) is 7.58. The zero-order valence-electron chi connectivity index (χ0n) is 17.2. The molecule has 4 aromatic carbocycles. The van der Waals surface area contributed by atoms with E-state index >= 15 is 0 Å². The van der Waals surface area contributed by atoms with Gasteiger partial charge in [0, 0.05) is 16.8 Å². The maximum Gasteiger partial charge on any atom is 0.138 e. The van der Waals surface area contributed by atoms with Gasteiger partial charge in [0.2, 0.25) is 0 Å². The van der Waals surface area contributed by atoms with E-state index in [9.17, 15) is 0 Å². The van der Waals surface area contributed by atoms with Crippen LogP contribution in [-0.4, -0.2) is 9.78 Å². The summed E-state index contributed by atoms with van der Waals surface area (Å²) in [7, 11) is 0. The Morgan fingerprint density at radius 1 is 0.594 bits per heavy atom. The molecule has 0 amide bonds. The van der Waals surface area contributed by atoms with Gasteiger partial charge in [0.05, 0.1) is 10.7 Å². The highest BCUT2D eigenvalue weighted by atomic mass is 35.5. The van der Waals surface area contributed by atoms with Crippen LogP contribution in [-0.2, 0) is 5.54 Å². The van der Waals surface area contributed by atoms with Crippen molar-refractivity contribution in [3.8, 4) is 11.3 Å². The van der Waals surface area contributed by atoms with Gasteiger partial charge in [-0.05, 0) is 41.0 Å². The van der Waals surface area contributed by atoms with E-state index in [1.165, 1.54) is 0 Å². The number of nitrogens with zero attached hydrogens (tertiary/aromatic N) is 2. The molecule has 32 heavy (non-hydrogen) atoms. The quantitative estimate of drug-likeness (QED) is 0.248. The predicted octanol–water partition coefficient (Wildman–Crippen LogP) is 7.70. The van der Waals surface area contributed by atoms with Gasteiger partial charge in [-0.1, -0.05) is 114 Å². The minimum absolute atomic E-state index is 0.576. The van der Waals surface area contributed by atoms with Crippen LogP contribution in [0.25, 0.3) is 11.3 Å². The molecule has 4 heteroatoms. The second-order valence-corrected chi connectivity index (χ2v) is 8.42. The fourth-order valence-corrected chi connectivity index (χ4v) is 4.79. The Kier molecular flexibility index (Phi) is 5.57. The van der Waals surface area contributed by atoms with E-state index in [1.807, 2.05) is 47.3 Å². The lowest BCUT2D eigenvalue weighted by Crippen LogP contribution is -2.38. The first-order chi connectivity index (χ1) is 15.7. The van der Waals surface area contributed by atoms with Gasteiger partial charge in [0.15, 0.2) is 0 Å². The van der Waals surface area contributed by atoms with E-state index in [4.69, 9.17) is 28.3 Å². The van der Waals surface area contributed by atoms with E-state index in [0.717, 1.165) is 27.9 Å². The first-order valence-corrected chi connectivity index (χ1v) is 11.1. The van der Waals surface area contributed by atoms with Crippen LogP contribution in [0.4, 0.5) is 0 Å². The van der Waals surface area contributed by atoms with Gasteiger partial charge >= 0.3 is 0 Å². The van der Waals surface area contributed by atoms with Gasteiger partial charge < -0.3 is 0 Å². The van der Waals surface area contributed by atoms with Crippen LogP contribution in [0.5, 0.6) is 0 Å². The fourth-order valence-electron chi connectivity index (χ4n) is 4.29. The summed E-state index contributed by atoms with van der Waals surface area (Å²) < 4.78 is 2.03. The molecule has 5 rings (SSSR count). The maximum atomic E-state index is 6.50. The second kappa shape index (κ2) is 8.66. The molecule has 0 atom stereocenters. The third-order valence-corrected chi connectivity index (χ3v) is 6.26. The first-order valence-electron chi connectivity index (χ1n) is 10.4. The van der Waals surface area contributed by atoms with Gasteiger partial charge in [-0.15, -0.1) is 0 Å². The summed E-state index contributed by atoms with van der Waals surface area (Å²) in [5, 5.41) is 6.24. The van der Waals surface area contributed by atoms with Gasteiger partial charge in [-0.3, -0.25) is 4.68 Å². The highest BCUT2D eigenvalue weighted by molar-refractivity contribution is 6.36. The van der Waals surface area contributed by atoms with Crippen LogP contribution in [0.15, 0.2) is 121 Å². The lowest BCUT2D eigenvalue weighted by molar-refractivity contribution is 0.461. The zero-order valence-corrected chi connectivity index (χ0v) is 18.7. The van der Waals surface area contributed by atoms with Crippen LogP contribution >= 0.6 is 23.2 Å². The smallest absolute Gasteiger partial charge is 0.138 e. The van der Waals surface area contributed by atoms with Crippen molar-refractivity contribution in [2.45, 2.75) is 5.54 Å². The van der Waals surface area contributed by atoms with Crippen LogP contribution in [0, 0.1) is 0 Å². The number of rotatable bonds is 5. The van der Waals surface area contributed by atoms with Crippen molar-refractivity contribution < 1.29 is 0 Å². The molecule has 0 fully saturated rings. The van der Waals surface area contributed by atoms with Gasteiger partial charge in [0.1, 0.15) is 5.54 Å². The Labute approximate surface area is 197 Å². The molecule has 2 nitrogen and oxygen atoms in total. The Balaban J connectivity index is 1.81. The molecule has 156 valence electrons. The van der Waals surface area contributed by atoms with Gasteiger partial charge in [0.25, 0.3) is 0 Å². The summed E-state index contributed by atoms with van der Waals surface area (Å²) >= 11 is 12.6. The molecule has 0 unspecified atom stereocenters. The van der Waals surface area contributed by atoms with E-state index in [0.29, 0.717) is 10.0 Å². The molecule has 1 aromatic heterocycles. The molecule has 0 radical (unpaired) electrons. The Hall–Kier alpha value is -3.33. The molecule has 1 heterocycles. The molecule has 0 aliphatic carbocycles. The third-order valence-electron chi connectivity index (χ3n) is 5.71. The normalized spacial score (nSPS) is 11.4. The lowest BCUT2D eigenvalue weighted by Gasteiger charge is -2.36. The monoisotopic (exact) mass is 454 g/mol. The van der Waals surface area contributed by atoms with Gasteiger partial charge in [-0.2, -0.15) is 5.10 Å². The molecule has 0 spiro atoms. The number of hydrogen-bond donors (Lipinski definition) is 0. The van der Waals surface area contributed by atoms with Crippen molar-refractivity contribution in [1.29, 1.82) is 0 Å². The standard InChI is InChI=1S/C28H20Cl2N2/c29-24-16-17-25(26(30)20-24)27-18-19-32(31-27)28(21-10-4-1-5-11-21,22-12-6-2-7-13-22)23-14-8-3-9-15-23/h1-20H. The van der Waals surface area contributed by atoms with Crippen LogP contribution < -0.4 is 0 Å². The highest BCUT2D eigenvalue weighted by Crippen LogP contribution is 2.41. The molecular weight excluding hydrogens is 435 g/mol. The summed E-state index contributed by atoms with van der Waals surface area (Å²) in [6.07, 6.45) is 2.02. The van der Waals surface area contributed by atoms with Crippen molar-refractivity contribution in [1.82, 2.24) is 9.78 Å². The Morgan fingerprint density at radius 3 is 1.56 bits per heavy atom. The number of benzene rings is 4. The number of aromatic nitrogens is 2. The summed E-state index contributed by atoms with van der Waals surface area (Å²) in [4.78, 5) is 0. The van der Waals surface area contributed by atoms with Crippen molar-refractivity contribution in [3.63, 3.8) is 0 Å². The first kappa shape index (κ1) is 20.6. The van der Waals surface area contributed by atoms with Crippen molar-refractivity contribution in [2.75, 3.05) is 0 Å². The average Bonchev–Trinajstić information content (AvgIpc) is 3.32. The summed E-state index contributed by atoms with van der Waals surface area (Å²) in [6.45, 7) is 0. The van der Waals surface area contributed by atoms with Crippen molar-refractivity contribution in [3.05, 3.63) is 148 Å². The highest BCUT2D eigenvalue weighted by Gasteiger charge is 2.39. The Bertz CT molecular complexity index is 1230. The van der Waals surface area contributed by atoms with E-state index in [2.05, 4.69) is 72.8 Å². The summed E-state index contributed by atoms with van der Waals surface area (Å²) in [5.41, 5.74) is 4.34. The molecule has 0 aliphatic heterocycles. The van der Waals surface area contributed by atoms with Crippen LogP contribution in [0.1, 0.15) is 16.7 Å². The Morgan fingerprint density at radius 2 is 1.09 bits per heavy atom. The predicted molar refractivity (Wildman–Crippen MR) is 132 cm³/mol. The zero-order chi connectivity index (χ0) is 22.0. The lowest BCUT2D eigenvalue weighted by atomic mass is 9.77. The molecule has 5 aromatic rings. The maximum absolute atomic E-state index is 6.50. The fraction of sp³-hybridized carbons (Fsp3) is 0.0357. The molecule has 0 bridgehead atoms. The molecule has 0 aliphatic rings.